The van der Waals surface area contributed by atoms with Crippen molar-refractivity contribution in [1.29, 1.82) is 0 Å². The molecule has 2 heteroatoms. The Morgan fingerprint density at radius 1 is 1.25 bits per heavy atom. The predicted molar refractivity (Wildman–Crippen MR) is 92.1 cm³/mol. The molecule has 0 saturated carbocycles. The Labute approximate surface area is 125 Å². The van der Waals surface area contributed by atoms with Gasteiger partial charge in [0, 0.05) is 18.7 Å². The second-order valence-electron chi connectivity index (χ2n) is 5.52. The van der Waals surface area contributed by atoms with Gasteiger partial charge in [0.15, 0.2) is 0 Å². The molecule has 0 heterocycles. The molecule has 0 fully saturated rings. The molecule has 114 valence electrons. The third kappa shape index (κ3) is 6.23. The van der Waals surface area contributed by atoms with E-state index in [2.05, 4.69) is 62.3 Å². The van der Waals surface area contributed by atoms with Crippen molar-refractivity contribution in [3.8, 4) is 0 Å². The van der Waals surface area contributed by atoms with Crippen LogP contribution in [0, 0.1) is 11.3 Å². The first-order chi connectivity index (χ1) is 9.50. The summed E-state index contributed by atoms with van der Waals surface area (Å²) in [6, 6.07) is 0. The third-order valence-electron chi connectivity index (χ3n) is 3.37. The van der Waals surface area contributed by atoms with Gasteiger partial charge in [-0.15, -0.1) is 0 Å². The maximum absolute atomic E-state index is 4.59. The Bertz CT molecular complexity index is 386. The van der Waals surface area contributed by atoms with Crippen LogP contribution in [0.1, 0.15) is 54.4 Å². The van der Waals surface area contributed by atoms with E-state index < -0.39 is 0 Å². The van der Waals surface area contributed by atoms with Gasteiger partial charge in [-0.2, -0.15) is 0 Å². The van der Waals surface area contributed by atoms with Crippen LogP contribution in [0.25, 0.3) is 0 Å². The second-order valence-corrected chi connectivity index (χ2v) is 5.52. The SMILES string of the molecule is CC.CCC1(C)C=CC(N=CCC(C)C)=C(NC)C=C1. The van der Waals surface area contributed by atoms with E-state index >= 15 is 0 Å². The lowest BCUT2D eigenvalue weighted by Gasteiger charge is -2.17. The van der Waals surface area contributed by atoms with Crippen molar-refractivity contribution in [3.63, 3.8) is 0 Å². The fourth-order valence-electron chi connectivity index (χ4n) is 1.70. The summed E-state index contributed by atoms with van der Waals surface area (Å²) in [6.45, 7) is 12.9. The molecule has 0 amide bonds. The summed E-state index contributed by atoms with van der Waals surface area (Å²) < 4.78 is 0. The number of allylic oxidation sites excluding steroid dienone is 4. The molecule has 0 aliphatic heterocycles. The Kier molecular flexibility index (Phi) is 8.94. The first kappa shape index (κ1) is 18.7. The largest absolute Gasteiger partial charge is 0.386 e. The zero-order valence-electron chi connectivity index (χ0n) is 14.3. The Hall–Kier alpha value is -1.31. The van der Waals surface area contributed by atoms with Gasteiger partial charge in [0.1, 0.15) is 0 Å². The molecular weight excluding hydrogens is 244 g/mol. The molecule has 1 aliphatic rings. The summed E-state index contributed by atoms with van der Waals surface area (Å²) >= 11 is 0. The monoisotopic (exact) mass is 276 g/mol. The van der Waals surface area contributed by atoms with Gasteiger partial charge >= 0.3 is 0 Å². The van der Waals surface area contributed by atoms with E-state index in [9.17, 15) is 0 Å². The minimum atomic E-state index is 0.136. The molecule has 0 spiro atoms. The van der Waals surface area contributed by atoms with Gasteiger partial charge < -0.3 is 5.32 Å². The lowest BCUT2D eigenvalue weighted by Crippen LogP contribution is -2.07. The standard InChI is InChI=1S/C16H26N2.C2H6/c1-6-16(4)10-7-14(17-5)15(8-11-16)18-12-9-13(2)3;1-2/h7-8,10-13,17H,6,9H2,1-5H3;1-2H3. The molecular formula is C18H32N2. The van der Waals surface area contributed by atoms with Gasteiger partial charge in [-0.05, 0) is 30.9 Å². The number of rotatable bonds is 5. The maximum Gasteiger partial charge on any atom is 0.0853 e. The molecule has 0 bridgehead atoms. The third-order valence-corrected chi connectivity index (χ3v) is 3.37. The Balaban J connectivity index is 0.00000172. The molecule has 2 nitrogen and oxygen atoms in total. The molecule has 0 aromatic heterocycles. The van der Waals surface area contributed by atoms with Gasteiger partial charge in [0.05, 0.1) is 11.4 Å². The first-order valence-corrected chi connectivity index (χ1v) is 7.84. The quantitative estimate of drug-likeness (QED) is 0.694. The molecule has 1 rings (SSSR count). The lowest BCUT2D eigenvalue weighted by atomic mass is 9.87. The molecule has 1 unspecified atom stereocenters. The van der Waals surface area contributed by atoms with E-state index in [1.807, 2.05) is 27.1 Å². The van der Waals surface area contributed by atoms with Crippen LogP contribution in [0.5, 0.6) is 0 Å². The van der Waals surface area contributed by atoms with Crippen LogP contribution in [0.15, 0.2) is 40.7 Å². The molecule has 1 atom stereocenters. The summed E-state index contributed by atoms with van der Waals surface area (Å²) in [5.41, 5.74) is 2.24. The van der Waals surface area contributed by atoms with Crippen LogP contribution in [0.4, 0.5) is 0 Å². The highest BCUT2D eigenvalue weighted by Gasteiger charge is 2.17. The minimum absolute atomic E-state index is 0.136. The summed E-state index contributed by atoms with van der Waals surface area (Å²) in [5.74, 6) is 0.651. The zero-order chi connectivity index (χ0) is 15.6. The van der Waals surface area contributed by atoms with Crippen LogP contribution < -0.4 is 5.32 Å². The predicted octanol–water partition coefficient (Wildman–Crippen LogP) is 5.10. The fraction of sp³-hybridized carbons (Fsp3) is 0.611. The van der Waals surface area contributed by atoms with Crippen molar-refractivity contribution in [3.05, 3.63) is 35.7 Å². The molecule has 1 aliphatic carbocycles. The molecule has 0 aromatic carbocycles. The Morgan fingerprint density at radius 2 is 1.85 bits per heavy atom. The zero-order valence-corrected chi connectivity index (χ0v) is 14.3. The van der Waals surface area contributed by atoms with Crippen molar-refractivity contribution in [2.45, 2.75) is 54.4 Å². The number of likely N-dealkylation sites (N-methyl/N-ethyl adjacent to an activating group) is 1. The highest BCUT2D eigenvalue weighted by atomic mass is 14.9. The normalized spacial score (nSPS) is 22.0. The van der Waals surface area contributed by atoms with Crippen LogP contribution in [-0.2, 0) is 0 Å². The summed E-state index contributed by atoms with van der Waals surface area (Å²) in [6.07, 6.45) is 12.9. The van der Waals surface area contributed by atoms with E-state index in [1.54, 1.807) is 0 Å². The van der Waals surface area contributed by atoms with E-state index in [-0.39, 0.29) is 5.41 Å². The minimum Gasteiger partial charge on any atom is -0.386 e. The van der Waals surface area contributed by atoms with Gasteiger partial charge in [-0.3, -0.25) is 4.99 Å². The summed E-state index contributed by atoms with van der Waals surface area (Å²) in [7, 11) is 1.94. The van der Waals surface area contributed by atoms with Crippen molar-refractivity contribution in [1.82, 2.24) is 5.32 Å². The van der Waals surface area contributed by atoms with Crippen LogP contribution >= 0.6 is 0 Å². The smallest absolute Gasteiger partial charge is 0.0853 e. The number of aliphatic imine (C=N–C) groups is 1. The highest BCUT2D eigenvalue weighted by Crippen LogP contribution is 2.29. The maximum atomic E-state index is 4.59. The van der Waals surface area contributed by atoms with E-state index in [0.29, 0.717) is 5.92 Å². The van der Waals surface area contributed by atoms with Crippen molar-refractivity contribution in [2.75, 3.05) is 7.05 Å². The van der Waals surface area contributed by atoms with Gasteiger partial charge in [-0.25, -0.2) is 0 Å². The number of hydrogen-bond donors (Lipinski definition) is 1. The molecule has 0 radical (unpaired) electrons. The first-order valence-electron chi connectivity index (χ1n) is 7.84. The Morgan fingerprint density at radius 3 is 2.35 bits per heavy atom. The van der Waals surface area contributed by atoms with Crippen LogP contribution in [0.3, 0.4) is 0 Å². The molecule has 1 N–H and O–H groups in total. The molecule has 20 heavy (non-hydrogen) atoms. The average Bonchev–Trinajstić information content (AvgIpc) is 2.61. The van der Waals surface area contributed by atoms with Gasteiger partial charge in [-0.1, -0.05) is 53.7 Å². The van der Waals surface area contributed by atoms with Gasteiger partial charge in [0.2, 0.25) is 0 Å². The fourth-order valence-corrected chi connectivity index (χ4v) is 1.70. The van der Waals surface area contributed by atoms with Crippen LogP contribution in [-0.4, -0.2) is 13.3 Å². The lowest BCUT2D eigenvalue weighted by molar-refractivity contribution is 0.530. The summed E-state index contributed by atoms with van der Waals surface area (Å²) in [5, 5.41) is 3.22. The van der Waals surface area contributed by atoms with Crippen LogP contribution in [0.2, 0.25) is 0 Å². The van der Waals surface area contributed by atoms with Crippen molar-refractivity contribution in [2.24, 2.45) is 16.3 Å². The van der Waals surface area contributed by atoms with Crippen molar-refractivity contribution < 1.29 is 0 Å². The topological polar surface area (TPSA) is 24.4 Å². The van der Waals surface area contributed by atoms with Crippen molar-refractivity contribution >= 4 is 6.21 Å². The second kappa shape index (κ2) is 9.57. The summed E-state index contributed by atoms with van der Waals surface area (Å²) in [4.78, 5) is 4.59. The van der Waals surface area contributed by atoms with E-state index in [4.69, 9.17) is 0 Å². The average molecular weight is 276 g/mol. The number of hydrogen-bond acceptors (Lipinski definition) is 2. The molecule has 0 saturated heterocycles. The molecule has 0 aromatic rings. The number of nitrogens with one attached hydrogen (secondary N) is 1. The van der Waals surface area contributed by atoms with E-state index in [0.717, 1.165) is 24.2 Å². The van der Waals surface area contributed by atoms with E-state index in [1.165, 1.54) is 0 Å². The highest BCUT2D eigenvalue weighted by molar-refractivity contribution is 5.60. The van der Waals surface area contributed by atoms with Gasteiger partial charge in [0.25, 0.3) is 0 Å². The number of nitrogens with zero attached hydrogens (tertiary/aromatic N) is 1.